The molecule has 30 heavy (non-hydrogen) atoms. The van der Waals surface area contributed by atoms with Crippen LogP contribution in [-0.2, 0) is 11.3 Å². The molecule has 2 aromatic heterocycles. The fourth-order valence-corrected chi connectivity index (χ4v) is 3.77. The van der Waals surface area contributed by atoms with Crippen LogP contribution in [0.3, 0.4) is 0 Å². The standard InChI is InChI=1S/C20H18ClFN6O2/c1-30-18-10-17(15(22)9-14(18)21)26-5-7-27(8-6-26)19(29)12-28-20-13(3-2-4-24-20)16(11-23)25-28/h2-4,9-10H,5-8,12H2,1H3. The highest BCUT2D eigenvalue weighted by Gasteiger charge is 2.25. The average Bonchev–Trinajstić information content (AvgIpc) is 3.12. The number of piperazine rings is 1. The Hall–Kier alpha value is -3.38. The number of benzene rings is 1. The van der Waals surface area contributed by atoms with Crippen LogP contribution in [0.2, 0.25) is 5.02 Å². The van der Waals surface area contributed by atoms with Crippen LogP contribution in [-0.4, -0.2) is 58.9 Å². The van der Waals surface area contributed by atoms with Crippen LogP contribution in [0.25, 0.3) is 11.0 Å². The molecule has 3 aromatic rings. The van der Waals surface area contributed by atoms with Crippen LogP contribution in [0, 0.1) is 17.1 Å². The lowest BCUT2D eigenvalue weighted by Crippen LogP contribution is -2.50. The summed E-state index contributed by atoms with van der Waals surface area (Å²) in [6.07, 6.45) is 1.60. The van der Waals surface area contributed by atoms with Crippen molar-refractivity contribution < 1.29 is 13.9 Å². The Labute approximate surface area is 177 Å². The van der Waals surface area contributed by atoms with Crippen LogP contribution in [0.5, 0.6) is 5.75 Å². The number of rotatable bonds is 4. The zero-order chi connectivity index (χ0) is 21.3. The molecule has 0 N–H and O–H groups in total. The van der Waals surface area contributed by atoms with Crippen molar-refractivity contribution in [1.82, 2.24) is 19.7 Å². The van der Waals surface area contributed by atoms with Gasteiger partial charge in [0.1, 0.15) is 24.2 Å². The molecule has 0 unspecified atom stereocenters. The Kier molecular flexibility index (Phi) is 5.42. The zero-order valence-corrected chi connectivity index (χ0v) is 16.9. The maximum Gasteiger partial charge on any atom is 0.244 e. The number of aromatic nitrogens is 3. The predicted octanol–water partition coefficient (Wildman–Crippen LogP) is 2.45. The molecular weight excluding hydrogens is 411 g/mol. The van der Waals surface area contributed by atoms with Gasteiger partial charge in [0.15, 0.2) is 11.3 Å². The van der Waals surface area contributed by atoms with Crippen LogP contribution in [0.15, 0.2) is 30.5 Å². The van der Waals surface area contributed by atoms with Crippen molar-refractivity contribution in [3.63, 3.8) is 0 Å². The molecule has 3 heterocycles. The molecule has 0 spiro atoms. The van der Waals surface area contributed by atoms with Gasteiger partial charge in [0, 0.05) is 38.4 Å². The first-order chi connectivity index (χ1) is 14.5. The van der Waals surface area contributed by atoms with Crippen LogP contribution >= 0.6 is 11.6 Å². The van der Waals surface area contributed by atoms with E-state index in [0.29, 0.717) is 48.6 Å². The van der Waals surface area contributed by atoms with Crippen molar-refractivity contribution >= 4 is 34.2 Å². The number of carbonyl (C=O) groups excluding carboxylic acids is 1. The van der Waals surface area contributed by atoms with Gasteiger partial charge in [-0.1, -0.05) is 11.6 Å². The second kappa shape index (κ2) is 8.16. The Morgan fingerprint density at radius 2 is 2.10 bits per heavy atom. The van der Waals surface area contributed by atoms with E-state index in [-0.39, 0.29) is 23.2 Å². The molecular formula is C20H18ClFN6O2. The van der Waals surface area contributed by atoms with E-state index in [1.807, 2.05) is 11.0 Å². The largest absolute Gasteiger partial charge is 0.495 e. The van der Waals surface area contributed by atoms with E-state index in [0.717, 1.165) is 0 Å². The van der Waals surface area contributed by atoms with Gasteiger partial charge < -0.3 is 14.5 Å². The van der Waals surface area contributed by atoms with Crippen molar-refractivity contribution in [2.45, 2.75) is 6.54 Å². The average molecular weight is 429 g/mol. The third-order valence-electron chi connectivity index (χ3n) is 5.09. The lowest BCUT2D eigenvalue weighted by Gasteiger charge is -2.36. The minimum absolute atomic E-state index is 0.0156. The fourth-order valence-electron chi connectivity index (χ4n) is 3.54. The minimum Gasteiger partial charge on any atom is -0.495 e. The van der Waals surface area contributed by atoms with E-state index in [2.05, 4.69) is 10.1 Å². The van der Waals surface area contributed by atoms with Gasteiger partial charge in [-0.05, 0) is 18.2 Å². The summed E-state index contributed by atoms with van der Waals surface area (Å²) in [4.78, 5) is 20.6. The van der Waals surface area contributed by atoms with E-state index < -0.39 is 5.82 Å². The highest BCUT2D eigenvalue weighted by molar-refractivity contribution is 6.32. The Morgan fingerprint density at radius 3 is 2.80 bits per heavy atom. The summed E-state index contributed by atoms with van der Waals surface area (Å²) in [5.41, 5.74) is 1.13. The number of halogens is 2. The number of nitriles is 1. The van der Waals surface area contributed by atoms with Crippen molar-refractivity contribution in [3.8, 4) is 11.8 Å². The minimum atomic E-state index is -0.432. The molecule has 0 bridgehead atoms. The second-order valence-electron chi connectivity index (χ2n) is 6.80. The summed E-state index contributed by atoms with van der Waals surface area (Å²) in [7, 11) is 1.48. The number of ether oxygens (including phenoxy) is 1. The van der Waals surface area contributed by atoms with Crippen molar-refractivity contribution in [2.24, 2.45) is 0 Å². The van der Waals surface area contributed by atoms with Crippen LogP contribution in [0.4, 0.5) is 10.1 Å². The van der Waals surface area contributed by atoms with Crippen LogP contribution in [0.1, 0.15) is 5.69 Å². The van der Waals surface area contributed by atoms with Crippen LogP contribution < -0.4 is 9.64 Å². The SMILES string of the molecule is COc1cc(N2CCN(C(=O)Cn3nc(C#N)c4cccnc43)CC2)c(F)cc1Cl. The van der Waals surface area contributed by atoms with E-state index in [4.69, 9.17) is 16.3 Å². The monoisotopic (exact) mass is 428 g/mol. The quantitative estimate of drug-likeness (QED) is 0.634. The molecule has 1 saturated heterocycles. The van der Waals surface area contributed by atoms with Gasteiger partial charge in [-0.25, -0.2) is 14.1 Å². The Balaban J connectivity index is 1.45. The Morgan fingerprint density at radius 1 is 1.33 bits per heavy atom. The molecule has 0 saturated carbocycles. The molecule has 8 nitrogen and oxygen atoms in total. The first kappa shape index (κ1) is 19.9. The molecule has 0 atom stereocenters. The second-order valence-corrected chi connectivity index (χ2v) is 7.21. The molecule has 1 aliphatic rings. The lowest BCUT2D eigenvalue weighted by atomic mass is 10.2. The molecule has 0 aliphatic carbocycles. The van der Waals surface area contributed by atoms with E-state index in [9.17, 15) is 14.4 Å². The molecule has 4 rings (SSSR count). The van der Waals surface area contributed by atoms with Gasteiger partial charge >= 0.3 is 0 Å². The maximum absolute atomic E-state index is 14.4. The number of hydrogen-bond acceptors (Lipinski definition) is 6. The van der Waals surface area contributed by atoms with Crippen molar-refractivity contribution in [3.05, 3.63) is 47.0 Å². The number of amides is 1. The smallest absolute Gasteiger partial charge is 0.244 e. The molecule has 1 fully saturated rings. The first-order valence-electron chi connectivity index (χ1n) is 9.29. The summed E-state index contributed by atoms with van der Waals surface area (Å²) in [5, 5.41) is 14.3. The summed E-state index contributed by atoms with van der Waals surface area (Å²) in [6.45, 7) is 1.78. The first-order valence-corrected chi connectivity index (χ1v) is 9.67. The summed E-state index contributed by atoms with van der Waals surface area (Å²) in [6, 6.07) is 8.30. The number of methoxy groups -OCH3 is 1. The number of hydrogen-bond donors (Lipinski definition) is 0. The highest BCUT2D eigenvalue weighted by Crippen LogP contribution is 2.32. The van der Waals surface area contributed by atoms with Crippen molar-refractivity contribution in [1.29, 1.82) is 5.26 Å². The van der Waals surface area contributed by atoms with Gasteiger partial charge in [0.25, 0.3) is 0 Å². The van der Waals surface area contributed by atoms with Gasteiger partial charge in [0.2, 0.25) is 5.91 Å². The van der Waals surface area contributed by atoms with Gasteiger partial charge in [-0.2, -0.15) is 10.4 Å². The van der Waals surface area contributed by atoms with Gasteiger partial charge in [-0.15, -0.1) is 0 Å². The predicted molar refractivity (Wildman–Crippen MR) is 109 cm³/mol. The molecule has 154 valence electrons. The molecule has 0 radical (unpaired) electrons. The van der Waals surface area contributed by atoms with E-state index in [1.54, 1.807) is 29.3 Å². The number of anilines is 1. The number of pyridine rings is 1. The van der Waals surface area contributed by atoms with E-state index in [1.165, 1.54) is 17.9 Å². The third kappa shape index (κ3) is 3.62. The number of fused-ring (bicyclic) bond motifs is 1. The summed E-state index contributed by atoms with van der Waals surface area (Å²) in [5.74, 6) is -0.167. The fraction of sp³-hybridized carbons (Fsp3) is 0.300. The van der Waals surface area contributed by atoms with Gasteiger partial charge in [-0.3, -0.25) is 4.79 Å². The van der Waals surface area contributed by atoms with E-state index >= 15 is 0 Å². The highest BCUT2D eigenvalue weighted by atomic mass is 35.5. The molecule has 1 aromatic carbocycles. The topological polar surface area (TPSA) is 87.3 Å². The number of nitrogens with zero attached hydrogens (tertiary/aromatic N) is 6. The Bertz CT molecular complexity index is 1150. The van der Waals surface area contributed by atoms with Crippen molar-refractivity contribution in [2.75, 3.05) is 38.2 Å². The molecule has 1 aliphatic heterocycles. The maximum atomic E-state index is 14.4. The molecule has 1 amide bonds. The zero-order valence-electron chi connectivity index (χ0n) is 16.2. The van der Waals surface area contributed by atoms with Gasteiger partial charge in [0.05, 0.1) is 23.2 Å². The molecule has 10 heteroatoms. The summed E-state index contributed by atoms with van der Waals surface area (Å²) < 4.78 is 21.0. The normalized spacial score (nSPS) is 14.1. The number of carbonyl (C=O) groups is 1. The third-order valence-corrected chi connectivity index (χ3v) is 5.39. The lowest BCUT2D eigenvalue weighted by molar-refractivity contribution is -0.132. The summed E-state index contributed by atoms with van der Waals surface area (Å²) >= 11 is 5.97.